The van der Waals surface area contributed by atoms with Crippen molar-refractivity contribution in [2.75, 3.05) is 0 Å². The predicted molar refractivity (Wildman–Crippen MR) is 49.6 cm³/mol. The summed E-state index contributed by atoms with van der Waals surface area (Å²) in [6.07, 6.45) is 1.42. The first-order valence-corrected chi connectivity index (χ1v) is 3.96. The first kappa shape index (κ1) is 10.1. The zero-order valence-electron chi connectivity index (χ0n) is 7.51. The lowest BCUT2D eigenvalue weighted by Crippen LogP contribution is -1.92. The minimum Gasteiger partial charge on any atom is -0.258 e. The monoisotopic (exact) mass is 192 g/mol. The second-order valence-corrected chi connectivity index (χ2v) is 2.75. The number of carbonyl (C=O) groups excluding carboxylic acids is 1. The molecule has 1 rings (SSSR count). The molecule has 0 aliphatic carbocycles. The van der Waals surface area contributed by atoms with Gasteiger partial charge in [0.15, 0.2) is 0 Å². The van der Waals surface area contributed by atoms with E-state index in [1.165, 1.54) is 18.2 Å². The van der Waals surface area contributed by atoms with Crippen LogP contribution in [0.15, 0.2) is 29.3 Å². The first-order valence-electron chi connectivity index (χ1n) is 3.96. The lowest BCUT2D eigenvalue weighted by atomic mass is 10.1. The van der Waals surface area contributed by atoms with Crippen LogP contribution in [0.2, 0.25) is 0 Å². The standard InChI is InChI=1S/C9H8N2O3/c1-7(10-6-12)8-3-2-4-9(5-8)11(13)14/h2-5,7H,1H3/t7-/m0/s1. The summed E-state index contributed by atoms with van der Waals surface area (Å²) < 4.78 is 0. The number of hydrogen-bond acceptors (Lipinski definition) is 4. The normalized spacial score (nSPS) is 11.5. The first-order chi connectivity index (χ1) is 6.65. The minimum absolute atomic E-state index is 0.00421. The van der Waals surface area contributed by atoms with Gasteiger partial charge in [-0.15, -0.1) is 0 Å². The van der Waals surface area contributed by atoms with Gasteiger partial charge in [-0.05, 0) is 12.5 Å². The highest BCUT2D eigenvalue weighted by atomic mass is 16.6. The van der Waals surface area contributed by atoms with Gasteiger partial charge in [0, 0.05) is 12.1 Å². The van der Waals surface area contributed by atoms with Crippen molar-refractivity contribution >= 4 is 11.8 Å². The van der Waals surface area contributed by atoms with Gasteiger partial charge in [0.1, 0.15) is 0 Å². The molecule has 72 valence electrons. The van der Waals surface area contributed by atoms with Gasteiger partial charge in [-0.1, -0.05) is 12.1 Å². The molecule has 0 aliphatic rings. The van der Waals surface area contributed by atoms with Gasteiger partial charge < -0.3 is 0 Å². The van der Waals surface area contributed by atoms with Crippen molar-refractivity contribution in [3.8, 4) is 0 Å². The third-order valence-corrected chi connectivity index (χ3v) is 1.81. The van der Waals surface area contributed by atoms with Crippen LogP contribution in [0.25, 0.3) is 0 Å². The summed E-state index contributed by atoms with van der Waals surface area (Å²) in [5.41, 5.74) is 0.623. The summed E-state index contributed by atoms with van der Waals surface area (Å²) in [4.78, 5) is 23.4. The molecule has 0 N–H and O–H groups in total. The largest absolute Gasteiger partial charge is 0.269 e. The molecule has 0 fully saturated rings. The van der Waals surface area contributed by atoms with Crippen LogP contribution < -0.4 is 0 Å². The second kappa shape index (κ2) is 4.30. The van der Waals surface area contributed by atoms with Gasteiger partial charge >= 0.3 is 0 Å². The number of aliphatic imine (C=N–C) groups is 1. The molecule has 0 amide bonds. The average Bonchev–Trinajstić information content (AvgIpc) is 2.18. The van der Waals surface area contributed by atoms with Gasteiger partial charge in [-0.2, -0.15) is 4.99 Å². The number of nitrogens with zero attached hydrogens (tertiary/aromatic N) is 2. The molecule has 0 aromatic heterocycles. The maximum absolute atomic E-state index is 10.4. The van der Waals surface area contributed by atoms with Crippen LogP contribution in [-0.4, -0.2) is 11.0 Å². The molecule has 5 nitrogen and oxygen atoms in total. The summed E-state index contributed by atoms with van der Waals surface area (Å²) in [7, 11) is 0. The number of isocyanates is 1. The quantitative estimate of drug-likeness (QED) is 0.318. The number of non-ortho nitro benzene ring substituents is 1. The molecule has 1 aromatic rings. The van der Waals surface area contributed by atoms with Crippen molar-refractivity contribution in [3.05, 3.63) is 39.9 Å². The Morgan fingerprint density at radius 1 is 1.57 bits per heavy atom. The van der Waals surface area contributed by atoms with E-state index in [1.807, 2.05) is 0 Å². The molecule has 1 aromatic carbocycles. The number of nitro groups is 1. The molecule has 14 heavy (non-hydrogen) atoms. The molecule has 0 heterocycles. The van der Waals surface area contributed by atoms with Crippen LogP contribution >= 0.6 is 0 Å². The molecular weight excluding hydrogens is 184 g/mol. The van der Waals surface area contributed by atoms with Gasteiger partial charge in [-0.25, -0.2) is 4.79 Å². The summed E-state index contributed by atoms with van der Waals surface area (Å²) in [6, 6.07) is 5.63. The lowest BCUT2D eigenvalue weighted by molar-refractivity contribution is -0.384. The van der Waals surface area contributed by atoms with Crippen molar-refractivity contribution in [3.63, 3.8) is 0 Å². The molecule has 0 bridgehead atoms. The molecule has 0 unspecified atom stereocenters. The van der Waals surface area contributed by atoms with Gasteiger partial charge in [-0.3, -0.25) is 10.1 Å². The smallest absolute Gasteiger partial charge is 0.258 e. The highest BCUT2D eigenvalue weighted by Crippen LogP contribution is 2.20. The molecular formula is C9H8N2O3. The summed E-state index contributed by atoms with van der Waals surface area (Å²) in [5, 5.41) is 10.4. The third kappa shape index (κ3) is 2.24. The van der Waals surface area contributed by atoms with E-state index in [9.17, 15) is 14.9 Å². The maximum atomic E-state index is 10.4. The lowest BCUT2D eigenvalue weighted by Gasteiger charge is -2.02. The fourth-order valence-electron chi connectivity index (χ4n) is 1.05. The Kier molecular flexibility index (Phi) is 3.09. The Morgan fingerprint density at radius 3 is 2.86 bits per heavy atom. The summed E-state index contributed by atoms with van der Waals surface area (Å²) in [6.45, 7) is 1.67. The van der Waals surface area contributed by atoms with E-state index in [4.69, 9.17) is 0 Å². The summed E-state index contributed by atoms with van der Waals surface area (Å²) >= 11 is 0. The van der Waals surface area contributed by atoms with Crippen molar-refractivity contribution in [2.24, 2.45) is 4.99 Å². The van der Waals surface area contributed by atoms with Crippen LogP contribution in [0.1, 0.15) is 18.5 Å². The Labute approximate surface area is 80.2 Å². The Balaban J connectivity index is 3.04. The van der Waals surface area contributed by atoms with E-state index < -0.39 is 11.0 Å². The highest BCUT2D eigenvalue weighted by Gasteiger charge is 2.09. The van der Waals surface area contributed by atoms with Crippen molar-refractivity contribution in [1.82, 2.24) is 0 Å². The van der Waals surface area contributed by atoms with Gasteiger partial charge in [0.25, 0.3) is 5.69 Å². The van der Waals surface area contributed by atoms with Crippen molar-refractivity contribution in [2.45, 2.75) is 13.0 Å². The van der Waals surface area contributed by atoms with Crippen LogP contribution in [0.3, 0.4) is 0 Å². The number of hydrogen-bond donors (Lipinski definition) is 0. The fourth-order valence-corrected chi connectivity index (χ4v) is 1.05. The topological polar surface area (TPSA) is 72.6 Å². The second-order valence-electron chi connectivity index (χ2n) is 2.75. The molecule has 0 radical (unpaired) electrons. The molecule has 5 heteroatoms. The molecule has 1 atom stereocenters. The summed E-state index contributed by atoms with van der Waals surface area (Å²) in [5.74, 6) is 0. The zero-order valence-corrected chi connectivity index (χ0v) is 7.51. The molecule has 0 aliphatic heterocycles. The number of nitro benzene ring substituents is 1. The van der Waals surface area contributed by atoms with Gasteiger partial charge in [0.05, 0.1) is 11.0 Å². The van der Waals surface area contributed by atoms with E-state index in [0.29, 0.717) is 5.56 Å². The van der Waals surface area contributed by atoms with Crippen LogP contribution in [0.5, 0.6) is 0 Å². The molecule has 0 saturated carbocycles. The Bertz CT molecular complexity index is 397. The SMILES string of the molecule is C[C@H](N=C=O)c1cccc([N+](=O)[O-])c1. The van der Waals surface area contributed by atoms with E-state index in [2.05, 4.69) is 4.99 Å². The zero-order chi connectivity index (χ0) is 10.6. The van der Waals surface area contributed by atoms with Crippen molar-refractivity contribution in [1.29, 1.82) is 0 Å². The maximum Gasteiger partial charge on any atom is 0.269 e. The van der Waals surface area contributed by atoms with Crippen LogP contribution in [0, 0.1) is 10.1 Å². The van der Waals surface area contributed by atoms with Crippen molar-refractivity contribution < 1.29 is 9.72 Å². The van der Waals surface area contributed by atoms with Crippen LogP contribution in [-0.2, 0) is 4.79 Å². The number of benzene rings is 1. The average molecular weight is 192 g/mol. The molecule has 0 saturated heterocycles. The van der Waals surface area contributed by atoms with E-state index in [1.54, 1.807) is 19.1 Å². The Hall–Kier alpha value is -2.00. The van der Waals surface area contributed by atoms with E-state index in [-0.39, 0.29) is 5.69 Å². The Morgan fingerprint density at radius 2 is 2.29 bits per heavy atom. The minimum atomic E-state index is -0.485. The van der Waals surface area contributed by atoms with Gasteiger partial charge in [0.2, 0.25) is 6.08 Å². The number of rotatable bonds is 3. The molecule has 0 spiro atoms. The van der Waals surface area contributed by atoms with E-state index in [0.717, 1.165) is 0 Å². The van der Waals surface area contributed by atoms with E-state index >= 15 is 0 Å². The fraction of sp³-hybridized carbons (Fsp3) is 0.222. The van der Waals surface area contributed by atoms with Crippen LogP contribution in [0.4, 0.5) is 5.69 Å². The third-order valence-electron chi connectivity index (χ3n) is 1.81. The highest BCUT2D eigenvalue weighted by molar-refractivity contribution is 5.39. The predicted octanol–water partition coefficient (Wildman–Crippen LogP) is 1.99.